The lowest BCUT2D eigenvalue weighted by molar-refractivity contribution is -0.133. The van der Waals surface area contributed by atoms with Crippen molar-refractivity contribution in [2.24, 2.45) is 0 Å². The molecule has 0 aliphatic carbocycles. The largest absolute Gasteiger partial charge is 0.339 e. The summed E-state index contributed by atoms with van der Waals surface area (Å²) in [4.78, 5) is 16.4. The Morgan fingerprint density at radius 1 is 1.19 bits per heavy atom. The van der Waals surface area contributed by atoms with Crippen molar-refractivity contribution in [1.82, 2.24) is 19.6 Å². The Kier molecular flexibility index (Phi) is 6.34. The Bertz CT molecular complexity index is 820. The summed E-state index contributed by atoms with van der Waals surface area (Å²) in [6.07, 6.45) is -2.64. The molecule has 0 unspecified atom stereocenters. The van der Waals surface area contributed by atoms with Crippen LogP contribution in [-0.4, -0.2) is 51.7 Å². The second-order valence-corrected chi connectivity index (χ2v) is 7.41. The molecule has 2 heterocycles. The molecule has 1 aromatic carbocycles. The van der Waals surface area contributed by atoms with Crippen molar-refractivity contribution >= 4 is 29.1 Å². The number of benzene rings is 1. The molecule has 1 aliphatic rings. The Hall–Kier alpha value is -1.70. The summed E-state index contributed by atoms with van der Waals surface area (Å²) in [5.41, 5.74) is 1.24. The normalized spacial score (nSPS) is 15.6. The van der Waals surface area contributed by atoms with Crippen molar-refractivity contribution in [1.29, 1.82) is 0 Å². The van der Waals surface area contributed by atoms with Crippen molar-refractivity contribution in [2.45, 2.75) is 26.4 Å². The van der Waals surface area contributed by atoms with Gasteiger partial charge in [-0.15, -0.1) is 0 Å². The molecular formula is C18H20Cl2F2N4O. The number of alkyl halides is 2. The van der Waals surface area contributed by atoms with Crippen LogP contribution in [-0.2, 0) is 17.9 Å². The molecule has 5 nitrogen and oxygen atoms in total. The first kappa shape index (κ1) is 20.0. The van der Waals surface area contributed by atoms with Crippen LogP contribution in [0.2, 0.25) is 10.0 Å². The van der Waals surface area contributed by atoms with Gasteiger partial charge in [0, 0.05) is 48.5 Å². The monoisotopic (exact) mass is 416 g/mol. The Balaban J connectivity index is 1.53. The lowest BCUT2D eigenvalue weighted by atomic mass is 10.2. The average Bonchev–Trinajstić information content (AvgIpc) is 2.99. The summed E-state index contributed by atoms with van der Waals surface area (Å²) in [5, 5.41) is 5.04. The van der Waals surface area contributed by atoms with E-state index < -0.39 is 6.43 Å². The van der Waals surface area contributed by atoms with E-state index >= 15 is 0 Å². The van der Waals surface area contributed by atoms with E-state index in [1.165, 1.54) is 10.7 Å². The third-order valence-electron chi connectivity index (χ3n) is 4.64. The number of hydrogen-bond donors (Lipinski definition) is 0. The van der Waals surface area contributed by atoms with Crippen LogP contribution in [0.3, 0.4) is 0 Å². The maximum Gasteiger partial charge on any atom is 0.282 e. The number of aromatic nitrogens is 2. The number of amides is 1. The van der Waals surface area contributed by atoms with Crippen LogP contribution in [0.4, 0.5) is 8.78 Å². The molecule has 146 valence electrons. The summed E-state index contributed by atoms with van der Waals surface area (Å²) in [7, 11) is 0. The zero-order valence-corrected chi connectivity index (χ0v) is 16.4. The van der Waals surface area contributed by atoms with E-state index in [-0.39, 0.29) is 18.1 Å². The molecule has 9 heteroatoms. The summed E-state index contributed by atoms with van der Waals surface area (Å²) in [6, 6.07) is 6.75. The fraction of sp³-hybridized carbons (Fsp3) is 0.444. The minimum atomic E-state index is -2.64. The highest BCUT2D eigenvalue weighted by Crippen LogP contribution is 2.23. The predicted octanol–water partition coefficient (Wildman–Crippen LogP) is 3.78. The van der Waals surface area contributed by atoms with Gasteiger partial charge in [0.2, 0.25) is 5.91 Å². The second-order valence-electron chi connectivity index (χ2n) is 6.56. The SMILES string of the molecule is Cc1cc(C(F)F)nn1CC(=O)N1CCN(Cc2ccc(Cl)cc2Cl)CC1. The lowest BCUT2D eigenvalue weighted by Crippen LogP contribution is -2.49. The van der Waals surface area contributed by atoms with Crippen molar-refractivity contribution in [2.75, 3.05) is 26.2 Å². The smallest absolute Gasteiger partial charge is 0.282 e. The molecule has 0 radical (unpaired) electrons. The molecule has 3 rings (SSSR count). The van der Waals surface area contributed by atoms with Gasteiger partial charge in [0.05, 0.1) is 0 Å². The van der Waals surface area contributed by atoms with Crippen molar-refractivity contribution in [3.05, 3.63) is 51.3 Å². The summed E-state index contributed by atoms with van der Waals surface area (Å²) in [6.45, 7) is 4.91. The molecule has 0 N–H and O–H groups in total. The number of carbonyl (C=O) groups excluding carboxylic acids is 1. The van der Waals surface area contributed by atoms with Gasteiger partial charge in [-0.05, 0) is 30.7 Å². The van der Waals surface area contributed by atoms with Gasteiger partial charge in [0.25, 0.3) is 6.43 Å². The van der Waals surface area contributed by atoms with E-state index in [0.29, 0.717) is 48.5 Å². The molecule has 1 amide bonds. The molecule has 1 saturated heterocycles. The predicted molar refractivity (Wildman–Crippen MR) is 100 cm³/mol. The van der Waals surface area contributed by atoms with Gasteiger partial charge in [-0.3, -0.25) is 14.4 Å². The molecule has 1 aromatic heterocycles. The van der Waals surface area contributed by atoms with E-state index in [1.54, 1.807) is 17.9 Å². The molecule has 1 fully saturated rings. The number of hydrogen-bond acceptors (Lipinski definition) is 3. The van der Waals surface area contributed by atoms with Crippen molar-refractivity contribution in [3.63, 3.8) is 0 Å². The van der Waals surface area contributed by atoms with Gasteiger partial charge in [-0.25, -0.2) is 8.78 Å². The van der Waals surface area contributed by atoms with Gasteiger partial charge in [-0.2, -0.15) is 5.10 Å². The third-order valence-corrected chi connectivity index (χ3v) is 5.23. The highest BCUT2D eigenvalue weighted by molar-refractivity contribution is 6.35. The van der Waals surface area contributed by atoms with Crippen LogP contribution >= 0.6 is 23.2 Å². The van der Waals surface area contributed by atoms with Crippen LogP contribution in [0.25, 0.3) is 0 Å². The quantitative estimate of drug-likeness (QED) is 0.744. The molecule has 27 heavy (non-hydrogen) atoms. The number of aryl methyl sites for hydroxylation is 1. The van der Waals surface area contributed by atoms with Crippen molar-refractivity contribution < 1.29 is 13.6 Å². The number of carbonyl (C=O) groups is 1. The van der Waals surface area contributed by atoms with E-state index in [4.69, 9.17) is 23.2 Å². The molecule has 1 aliphatic heterocycles. The number of nitrogens with zero attached hydrogens (tertiary/aromatic N) is 4. The van der Waals surface area contributed by atoms with Gasteiger partial charge in [-0.1, -0.05) is 29.3 Å². The molecule has 0 bridgehead atoms. The zero-order chi connectivity index (χ0) is 19.6. The average molecular weight is 417 g/mol. The van der Waals surface area contributed by atoms with Crippen LogP contribution in [0, 0.1) is 6.92 Å². The lowest BCUT2D eigenvalue weighted by Gasteiger charge is -2.35. The fourth-order valence-corrected chi connectivity index (χ4v) is 3.54. The Labute approximate surface area is 166 Å². The minimum Gasteiger partial charge on any atom is -0.339 e. The minimum absolute atomic E-state index is 0.0262. The van der Waals surface area contributed by atoms with Gasteiger partial charge in [0.15, 0.2) is 0 Å². The zero-order valence-electron chi connectivity index (χ0n) is 14.8. The number of halogens is 4. The maximum absolute atomic E-state index is 12.7. The molecule has 0 atom stereocenters. The molecule has 0 saturated carbocycles. The second kappa shape index (κ2) is 8.54. The Morgan fingerprint density at radius 3 is 2.48 bits per heavy atom. The standard InChI is InChI=1S/C18H20Cl2F2N4O/c1-12-8-16(18(21)22)23-26(12)11-17(27)25-6-4-24(5-7-25)10-13-2-3-14(19)9-15(13)20/h2-3,8-9,18H,4-7,10-11H2,1H3. The first-order chi connectivity index (χ1) is 12.8. The maximum atomic E-state index is 12.7. The fourth-order valence-electron chi connectivity index (χ4n) is 3.08. The van der Waals surface area contributed by atoms with Gasteiger partial charge < -0.3 is 4.90 Å². The highest BCUT2D eigenvalue weighted by Gasteiger charge is 2.23. The number of piperazine rings is 1. The Morgan fingerprint density at radius 2 is 1.89 bits per heavy atom. The van der Waals surface area contributed by atoms with Gasteiger partial charge in [0.1, 0.15) is 12.2 Å². The molecular weight excluding hydrogens is 397 g/mol. The molecule has 0 spiro atoms. The first-order valence-corrected chi connectivity index (χ1v) is 9.35. The summed E-state index contributed by atoms with van der Waals surface area (Å²) in [5.74, 6) is -0.119. The number of rotatable bonds is 5. The van der Waals surface area contributed by atoms with Crippen LogP contribution in [0.15, 0.2) is 24.3 Å². The summed E-state index contributed by atoms with van der Waals surface area (Å²) >= 11 is 12.1. The van der Waals surface area contributed by atoms with Crippen LogP contribution in [0.5, 0.6) is 0 Å². The van der Waals surface area contributed by atoms with Gasteiger partial charge >= 0.3 is 0 Å². The van der Waals surface area contributed by atoms with E-state index in [2.05, 4.69) is 10.00 Å². The summed E-state index contributed by atoms with van der Waals surface area (Å²) < 4.78 is 26.8. The van der Waals surface area contributed by atoms with E-state index in [0.717, 1.165) is 5.56 Å². The van der Waals surface area contributed by atoms with Crippen LogP contribution in [0.1, 0.15) is 23.4 Å². The topological polar surface area (TPSA) is 41.4 Å². The highest BCUT2D eigenvalue weighted by atomic mass is 35.5. The van der Waals surface area contributed by atoms with E-state index in [9.17, 15) is 13.6 Å². The van der Waals surface area contributed by atoms with Crippen molar-refractivity contribution in [3.8, 4) is 0 Å². The molecule has 2 aromatic rings. The van der Waals surface area contributed by atoms with E-state index in [1.807, 2.05) is 12.1 Å². The third kappa shape index (κ3) is 4.97. The first-order valence-electron chi connectivity index (χ1n) is 8.60. The van der Waals surface area contributed by atoms with Crippen LogP contribution < -0.4 is 0 Å².